The van der Waals surface area contributed by atoms with Crippen LogP contribution in [0.15, 0.2) is 41.6 Å². The Hall–Kier alpha value is -2.12. The first-order valence-electron chi connectivity index (χ1n) is 7.33. The predicted octanol–water partition coefficient (Wildman–Crippen LogP) is 2.87. The third-order valence-corrected chi connectivity index (χ3v) is 4.58. The van der Waals surface area contributed by atoms with Crippen LogP contribution < -0.4 is 19.5 Å². The van der Waals surface area contributed by atoms with Crippen LogP contribution in [0.2, 0.25) is 5.02 Å². The number of fused-ring (bicyclic) bond motifs is 1. The summed E-state index contributed by atoms with van der Waals surface area (Å²) in [6.45, 7) is 1.12. The van der Waals surface area contributed by atoms with Crippen LogP contribution in [0.3, 0.4) is 0 Å². The Morgan fingerprint density at radius 1 is 1.29 bits per heavy atom. The van der Waals surface area contributed by atoms with E-state index in [1.165, 1.54) is 6.20 Å². The van der Waals surface area contributed by atoms with Crippen molar-refractivity contribution in [2.45, 2.75) is 11.4 Å². The molecule has 0 saturated heterocycles. The summed E-state index contributed by atoms with van der Waals surface area (Å²) in [5.74, 6) is 0.957. The van der Waals surface area contributed by atoms with E-state index < -0.39 is 0 Å². The highest BCUT2D eigenvalue weighted by Crippen LogP contribution is 2.37. The number of nitrogens with zero attached hydrogens (tertiary/aromatic N) is 1. The fourth-order valence-electron chi connectivity index (χ4n) is 2.13. The van der Waals surface area contributed by atoms with E-state index in [-0.39, 0.29) is 11.7 Å². The third-order valence-electron chi connectivity index (χ3n) is 3.25. The Morgan fingerprint density at radius 3 is 2.79 bits per heavy atom. The molecule has 0 unspecified atom stereocenters. The number of ether oxygens (including phenoxy) is 2. The maximum absolute atomic E-state index is 12.1. The molecule has 1 aliphatic heterocycles. The highest BCUT2D eigenvalue weighted by atomic mass is 35.5. The zero-order valence-corrected chi connectivity index (χ0v) is 14.2. The zero-order chi connectivity index (χ0) is 16.9. The Kier molecular flexibility index (Phi) is 5.32. The average molecular weight is 367 g/mol. The molecule has 2 aromatic rings. The predicted molar refractivity (Wildman–Crippen MR) is 91.8 cm³/mol. The van der Waals surface area contributed by atoms with E-state index in [1.807, 2.05) is 0 Å². The molecule has 1 N–H and O–H groups in total. The maximum atomic E-state index is 12.1. The summed E-state index contributed by atoms with van der Waals surface area (Å²) in [4.78, 5) is 12.1. The quantitative estimate of drug-likeness (QED) is 0.511. The molecule has 1 amide bonds. The number of hydrogen-bond acceptors (Lipinski definition) is 5. The molecule has 0 radical (unpaired) electrons. The number of amides is 1. The van der Waals surface area contributed by atoms with Crippen molar-refractivity contribution in [3.05, 3.63) is 46.8 Å². The minimum Gasteiger partial charge on any atom is -0.618 e. The lowest BCUT2D eigenvalue weighted by Gasteiger charge is -2.12. The van der Waals surface area contributed by atoms with Crippen molar-refractivity contribution < 1.29 is 19.0 Å². The minimum absolute atomic E-state index is 0.0943. The zero-order valence-electron chi connectivity index (χ0n) is 12.7. The highest BCUT2D eigenvalue weighted by molar-refractivity contribution is 7.99. The lowest BCUT2D eigenvalue weighted by atomic mass is 10.2. The Morgan fingerprint density at radius 2 is 2.04 bits per heavy atom. The fourth-order valence-corrected chi connectivity index (χ4v) is 3.04. The Labute approximate surface area is 148 Å². The molecule has 6 nitrogen and oxygen atoms in total. The standard InChI is InChI=1S/C16H15ClN2O4S/c17-11-8-13-14(23-7-3-6-22-13)9-12(11)18-15(20)10-24-16-4-1-2-5-19(16)21/h1-2,4-5,8-9H,3,6-7,10H2,(H,18,20). The second-order valence-electron chi connectivity index (χ2n) is 5.03. The Balaban J connectivity index is 1.66. The highest BCUT2D eigenvalue weighted by Gasteiger charge is 2.16. The topological polar surface area (TPSA) is 74.5 Å². The molecule has 1 aromatic carbocycles. The molecule has 24 heavy (non-hydrogen) atoms. The smallest absolute Gasteiger partial charge is 0.251 e. The molecule has 0 fully saturated rings. The monoisotopic (exact) mass is 366 g/mol. The van der Waals surface area contributed by atoms with Gasteiger partial charge in [-0.05, 0) is 17.8 Å². The summed E-state index contributed by atoms with van der Waals surface area (Å²) >= 11 is 7.34. The number of hydrogen-bond donors (Lipinski definition) is 1. The van der Waals surface area contributed by atoms with Crippen LogP contribution in [0, 0.1) is 5.21 Å². The lowest BCUT2D eigenvalue weighted by Crippen LogP contribution is -2.28. The molecule has 1 aromatic heterocycles. The van der Waals surface area contributed by atoms with Gasteiger partial charge in [-0.15, -0.1) is 0 Å². The molecule has 0 atom stereocenters. The molecule has 2 heterocycles. The maximum Gasteiger partial charge on any atom is 0.251 e. The first-order chi connectivity index (χ1) is 11.6. The van der Waals surface area contributed by atoms with Gasteiger partial charge >= 0.3 is 0 Å². The van der Waals surface area contributed by atoms with Gasteiger partial charge in [-0.2, -0.15) is 4.73 Å². The molecule has 0 bridgehead atoms. The number of anilines is 1. The van der Waals surface area contributed by atoms with E-state index in [2.05, 4.69) is 5.32 Å². The largest absolute Gasteiger partial charge is 0.618 e. The van der Waals surface area contributed by atoms with E-state index in [9.17, 15) is 10.0 Å². The van der Waals surface area contributed by atoms with Crippen LogP contribution in [-0.2, 0) is 4.79 Å². The van der Waals surface area contributed by atoms with Gasteiger partial charge < -0.3 is 20.0 Å². The molecular weight excluding hydrogens is 352 g/mol. The lowest BCUT2D eigenvalue weighted by molar-refractivity contribution is -0.645. The fraction of sp³-hybridized carbons (Fsp3) is 0.250. The number of halogens is 1. The number of nitrogens with one attached hydrogen (secondary N) is 1. The second kappa shape index (κ2) is 7.63. The van der Waals surface area contributed by atoms with Crippen LogP contribution in [0.1, 0.15) is 6.42 Å². The first kappa shape index (κ1) is 16.7. The SMILES string of the molecule is O=C(CSc1cccc[n+]1[O-])Nc1cc2c(cc1Cl)OCCCO2. The molecule has 0 saturated carbocycles. The van der Waals surface area contributed by atoms with Crippen LogP contribution >= 0.6 is 23.4 Å². The molecule has 0 spiro atoms. The van der Waals surface area contributed by atoms with Gasteiger partial charge in [0.1, 0.15) is 0 Å². The molecule has 1 aliphatic rings. The summed E-state index contributed by atoms with van der Waals surface area (Å²) in [6, 6.07) is 8.32. The van der Waals surface area contributed by atoms with E-state index in [0.29, 0.717) is 40.4 Å². The van der Waals surface area contributed by atoms with Crippen LogP contribution in [0.5, 0.6) is 11.5 Å². The number of benzene rings is 1. The molecular formula is C16H15ClN2O4S. The van der Waals surface area contributed by atoms with Crippen molar-refractivity contribution >= 4 is 35.0 Å². The van der Waals surface area contributed by atoms with Gasteiger partial charge in [0.25, 0.3) is 5.03 Å². The van der Waals surface area contributed by atoms with Crippen molar-refractivity contribution in [1.82, 2.24) is 0 Å². The summed E-state index contributed by atoms with van der Waals surface area (Å²) in [5.41, 5.74) is 0.453. The van der Waals surface area contributed by atoms with Crippen LogP contribution in [0.25, 0.3) is 0 Å². The first-order valence-corrected chi connectivity index (χ1v) is 8.70. The van der Waals surface area contributed by atoms with Gasteiger partial charge in [0, 0.05) is 30.7 Å². The normalized spacial score (nSPS) is 13.2. The summed E-state index contributed by atoms with van der Waals surface area (Å²) < 4.78 is 11.9. The number of pyridine rings is 1. The number of aromatic nitrogens is 1. The van der Waals surface area contributed by atoms with E-state index >= 15 is 0 Å². The van der Waals surface area contributed by atoms with Crippen LogP contribution in [-0.4, -0.2) is 24.9 Å². The number of carbonyl (C=O) groups is 1. The van der Waals surface area contributed by atoms with Crippen LogP contribution in [0.4, 0.5) is 5.69 Å². The van der Waals surface area contributed by atoms with Gasteiger partial charge in [-0.3, -0.25) is 4.79 Å². The van der Waals surface area contributed by atoms with Crippen molar-refractivity contribution in [2.24, 2.45) is 0 Å². The van der Waals surface area contributed by atoms with Gasteiger partial charge in [0.15, 0.2) is 17.7 Å². The number of rotatable bonds is 4. The van der Waals surface area contributed by atoms with Gasteiger partial charge in [-0.25, -0.2) is 0 Å². The van der Waals surface area contributed by atoms with Gasteiger partial charge in [-0.1, -0.05) is 11.6 Å². The van der Waals surface area contributed by atoms with Gasteiger partial charge in [0.2, 0.25) is 5.91 Å². The average Bonchev–Trinajstić information content (AvgIpc) is 2.79. The summed E-state index contributed by atoms with van der Waals surface area (Å²) in [7, 11) is 0. The van der Waals surface area contributed by atoms with E-state index in [1.54, 1.807) is 30.3 Å². The van der Waals surface area contributed by atoms with Crippen molar-refractivity contribution in [1.29, 1.82) is 0 Å². The Bertz CT molecular complexity index is 757. The van der Waals surface area contributed by atoms with Crippen molar-refractivity contribution in [2.75, 3.05) is 24.3 Å². The molecule has 8 heteroatoms. The summed E-state index contributed by atoms with van der Waals surface area (Å²) in [6.07, 6.45) is 2.18. The number of thioether (sulfide) groups is 1. The van der Waals surface area contributed by atoms with E-state index in [4.69, 9.17) is 21.1 Å². The molecule has 3 rings (SSSR count). The van der Waals surface area contributed by atoms with E-state index in [0.717, 1.165) is 22.9 Å². The number of carbonyl (C=O) groups excluding carboxylic acids is 1. The van der Waals surface area contributed by atoms with Gasteiger partial charge in [0.05, 0.1) is 29.7 Å². The van der Waals surface area contributed by atoms with Crippen molar-refractivity contribution in [3.63, 3.8) is 0 Å². The molecule has 126 valence electrons. The minimum atomic E-state index is -0.264. The molecule has 0 aliphatic carbocycles. The second-order valence-corrected chi connectivity index (χ2v) is 6.43. The third kappa shape index (κ3) is 4.04. The van der Waals surface area contributed by atoms with Crippen molar-refractivity contribution in [3.8, 4) is 11.5 Å². The summed E-state index contributed by atoms with van der Waals surface area (Å²) in [5, 5.41) is 15.1.